The molecule has 0 aromatic carbocycles. The van der Waals surface area contributed by atoms with Crippen LogP contribution in [0.3, 0.4) is 0 Å². The summed E-state index contributed by atoms with van der Waals surface area (Å²) in [5, 5.41) is 2.86. The molecule has 0 bridgehead atoms. The molecular formula is C14H29N3O2. The van der Waals surface area contributed by atoms with Crippen LogP contribution >= 0.6 is 0 Å². The summed E-state index contributed by atoms with van der Waals surface area (Å²) in [6.45, 7) is 8.31. The van der Waals surface area contributed by atoms with Gasteiger partial charge in [-0.05, 0) is 37.8 Å². The van der Waals surface area contributed by atoms with Crippen molar-refractivity contribution in [1.29, 1.82) is 0 Å². The molecule has 112 valence electrons. The molecule has 0 aromatic heterocycles. The average molecular weight is 271 g/mol. The predicted molar refractivity (Wildman–Crippen MR) is 77.1 cm³/mol. The zero-order valence-electron chi connectivity index (χ0n) is 12.6. The fourth-order valence-electron chi connectivity index (χ4n) is 2.42. The van der Waals surface area contributed by atoms with Crippen LogP contribution in [0.2, 0.25) is 0 Å². The molecule has 1 unspecified atom stereocenters. The maximum atomic E-state index is 11.1. The van der Waals surface area contributed by atoms with Gasteiger partial charge in [0.2, 0.25) is 0 Å². The van der Waals surface area contributed by atoms with Gasteiger partial charge >= 0.3 is 6.09 Å². The average Bonchev–Trinajstić information content (AvgIpc) is 2.82. The summed E-state index contributed by atoms with van der Waals surface area (Å²) < 4.78 is 4.62. The second kappa shape index (κ2) is 7.70. The van der Waals surface area contributed by atoms with Crippen LogP contribution in [0.15, 0.2) is 0 Å². The van der Waals surface area contributed by atoms with Crippen LogP contribution in [0.25, 0.3) is 0 Å². The van der Waals surface area contributed by atoms with Gasteiger partial charge in [-0.1, -0.05) is 20.3 Å². The van der Waals surface area contributed by atoms with E-state index >= 15 is 0 Å². The van der Waals surface area contributed by atoms with Crippen LogP contribution in [-0.4, -0.2) is 50.3 Å². The highest BCUT2D eigenvalue weighted by atomic mass is 16.5. The molecule has 0 saturated carbocycles. The monoisotopic (exact) mass is 271 g/mol. The third-order valence-electron chi connectivity index (χ3n) is 3.91. The summed E-state index contributed by atoms with van der Waals surface area (Å²) in [6.07, 6.45) is 4.30. The van der Waals surface area contributed by atoms with E-state index in [1.165, 1.54) is 26.4 Å². The third-order valence-corrected chi connectivity index (χ3v) is 3.91. The smallest absolute Gasteiger partial charge is 0.407 e. The molecule has 0 radical (unpaired) electrons. The van der Waals surface area contributed by atoms with Gasteiger partial charge in [-0.15, -0.1) is 0 Å². The number of methoxy groups -OCH3 is 1. The summed E-state index contributed by atoms with van der Waals surface area (Å²) in [7, 11) is 1.40. The first-order valence-corrected chi connectivity index (χ1v) is 7.24. The van der Waals surface area contributed by atoms with Gasteiger partial charge in [0, 0.05) is 19.1 Å². The second-order valence-corrected chi connectivity index (χ2v) is 6.25. The Morgan fingerprint density at radius 3 is 2.84 bits per heavy atom. The second-order valence-electron chi connectivity index (χ2n) is 6.25. The summed E-state index contributed by atoms with van der Waals surface area (Å²) in [4.78, 5) is 13.5. The summed E-state index contributed by atoms with van der Waals surface area (Å²) >= 11 is 0. The van der Waals surface area contributed by atoms with Crippen molar-refractivity contribution in [3.63, 3.8) is 0 Å². The molecule has 1 rings (SSSR count). The number of amides is 1. The SMILES string of the molecule is COC(=O)NC1CCN(CCCCC(C)(C)CN)C1. The fourth-order valence-corrected chi connectivity index (χ4v) is 2.42. The van der Waals surface area contributed by atoms with Gasteiger partial charge in [-0.2, -0.15) is 0 Å². The summed E-state index contributed by atoms with van der Waals surface area (Å²) in [5.74, 6) is 0. The Labute approximate surface area is 116 Å². The highest BCUT2D eigenvalue weighted by Gasteiger charge is 2.23. The van der Waals surface area contributed by atoms with E-state index in [2.05, 4.69) is 28.8 Å². The van der Waals surface area contributed by atoms with Crippen molar-refractivity contribution < 1.29 is 9.53 Å². The first-order valence-electron chi connectivity index (χ1n) is 7.24. The Bertz CT molecular complexity index is 282. The first-order chi connectivity index (χ1) is 8.96. The minimum Gasteiger partial charge on any atom is -0.453 e. The molecule has 1 heterocycles. The molecule has 0 spiro atoms. The van der Waals surface area contributed by atoms with Gasteiger partial charge in [-0.3, -0.25) is 0 Å². The van der Waals surface area contributed by atoms with Crippen molar-refractivity contribution in [3.05, 3.63) is 0 Å². The van der Waals surface area contributed by atoms with E-state index in [0.29, 0.717) is 0 Å². The molecule has 1 atom stereocenters. The number of alkyl carbamates (subject to hydrolysis) is 1. The van der Waals surface area contributed by atoms with Gasteiger partial charge in [-0.25, -0.2) is 4.79 Å². The van der Waals surface area contributed by atoms with E-state index in [1.54, 1.807) is 0 Å². The minimum atomic E-state index is -0.323. The van der Waals surface area contributed by atoms with Crippen molar-refractivity contribution >= 4 is 6.09 Å². The number of carbonyl (C=O) groups is 1. The normalized spacial score (nSPS) is 20.5. The number of nitrogens with zero attached hydrogens (tertiary/aromatic N) is 1. The molecule has 5 nitrogen and oxygen atoms in total. The Kier molecular flexibility index (Phi) is 6.58. The number of hydrogen-bond acceptors (Lipinski definition) is 4. The van der Waals surface area contributed by atoms with E-state index in [9.17, 15) is 4.79 Å². The van der Waals surface area contributed by atoms with Gasteiger partial charge in [0.05, 0.1) is 7.11 Å². The maximum absolute atomic E-state index is 11.1. The van der Waals surface area contributed by atoms with Crippen LogP contribution in [0.5, 0.6) is 0 Å². The van der Waals surface area contributed by atoms with Crippen molar-refractivity contribution in [2.24, 2.45) is 11.1 Å². The van der Waals surface area contributed by atoms with Gasteiger partial charge in [0.25, 0.3) is 0 Å². The van der Waals surface area contributed by atoms with Crippen molar-refractivity contribution in [3.8, 4) is 0 Å². The number of nitrogens with one attached hydrogen (secondary N) is 1. The van der Waals surface area contributed by atoms with Gasteiger partial charge in [0.15, 0.2) is 0 Å². The quantitative estimate of drug-likeness (QED) is 0.690. The minimum absolute atomic E-state index is 0.243. The molecule has 1 amide bonds. The highest BCUT2D eigenvalue weighted by Crippen LogP contribution is 2.21. The number of likely N-dealkylation sites (tertiary alicyclic amines) is 1. The molecule has 1 aliphatic rings. The van der Waals surface area contributed by atoms with Gasteiger partial charge in [0.1, 0.15) is 0 Å². The molecule has 19 heavy (non-hydrogen) atoms. The van der Waals surface area contributed by atoms with E-state index in [1.807, 2.05) is 0 Å². The van der Waals surface area contributed by atoms with Crippen LogP contribution in [0.4, 0.5) is 4.79 Å². The topological polar surface area (TPSA) is 67.6 Å². The number of unbranched alkanes of at least 4 members (excludes halogenated alkanes) is 1. The predicted octanol–water partition coefficient (Wildman–Crippen LogP) is 1.57. The largest absolute Gasteiger partial charge is 0.453 e. The Morgan fingerprint density at radius 2 is 2.21 bits per heavy atom. The van der Waals surface area contributed by atoms with Crippen LogP contribution in [-0.2, 0) is 4.74 Å². The number of carbonyl (C=O) groups excluding carboxylic acids is 1. The summed E-state index contributed by atoms with van der Waals surface area (Å²) in [5.41, 5.74) is 5.99. The van der Waals surface area contributed by atoms with Crippen LogP contribution in [0, 0.1) is 5.41 Å². The summed E-state index contributed by atoms with van der Waals surface area (Å²) in [6, 6.07) is 0.243. The van der Waals surface area contributed by atoms with Crippen LogP contribution < -0.4 is 11.1 Å². The van der Waals surface area contributed by atoms with E-state index in [4.69, 9.17) is 5.73 Å². The molecule has 5 heteroatoms. The number of nitrogens with two attached hydrogens (primary N) is 1. The standard InChI is InChI=1S/C14H29N3O2/c1-14(2,11-15)7-4-5-8-17-9-6-12(10-17)16-13(18)19-3/h12H,4-11,15H2,1-3H3,(H,16,18). The molecule has 3 N–H and O–H groups in total. The fraction of sp³-hybridized carbons (Fsp3) is 0.929. The lowest BCUT2D eigenvalue weighted by Gasteiger charge is -2.23. The molecule has 1 aliphatic heterocycles. The Hall–Kier alpha value is -0.810. The van der Waals surface area contributed by atoms with Crippen molar-refractivity contribution in [2.45, 2.75) is 45.6 Å². The maximum Gasteiger partial charge on any atom is 0.407 e. The van der Waals surface area contributed by atoms with E-state index in [0.717, 1.165) is 32.6 Å². The number of ether oxygens (including phenoxy) is 1. The van der Waals surface area contributed by atoms with Crippen LogP contribution in [0.1, 0.15) is 39.5 Å². The van der Waals surface area contributed by atoms with E-state index in [-0.39, 0.29) is 17.6 Å². The Morgan fingerprint density at radius 1 is 1.47 bits per heavy atom. The molecule has 0 aliphatic carbocycles. The molecular weight excluding hydrogens is 242 g/mol. The first kappa shape index (κ1) is 16.2. The van der Waals surface area contributed by atoms with Crippen molar-refractivity contribution in [1.82, 2.24) is 10.2 Å². The lowest BCUT2D eigenvalue weighted by Crippen LogP contribution is -2.37. The lowest BCUT2D eigenvalue weighted by atomic mass is 9.87. The zero-order valence-corrected chi connectivity index (χ0v) is 12.6. The third kappa shape index (κ3) is 6.25. The number of hydrogen-bond donors (Lipinski definition) is 2. The Balaban J connectivity index is 2.11. The molecule has 1 fully saturated rings. The highest BCUT2D eigenvalue weighted by molar-refractivity contribution is 5.67. The van der Waals surface area contributed by atoms with Gasteiger partial charge < -0.3 is 20.7 Å². The van der Waals surface area contributed by atoms with Crippen molar-refractivity contribution in [2.75, 3.05) is 33.3 Å². The van der Waals surface area contributed by atoms with E-state index < -0.39 is 0 Å². The zero-order chi connectivity index (χ0) is 14.3. The lowest BCUT2D eigenvalue weighted by molar-refractivity contribution is 0.166. The molecule has 1 saturated heterocycles. The molecule has 0 aromatic rings. The number of rotatable bonds is 7.